The first-order chi connectivity index (χ1) is 11.8. The van der Waals surface area contributed by atoms with E-state index in [0.717, 1.165) is 30.6 Å². The zero-order valence-corrected chi connectivity index (χ0v) is 13.6. The number of nitriles is 1. The van der Waals surface area contributed by atoms with E-state index in [2.05, 4.69) is 53.9 Å². The Hall–Kier alpha value is -2.31. The second-order valence-electron chi connectivity index (χ2n) is 7.35. The van der Waals surface area contributed by atoms with Crippen LogP contribution >= 0.6 is 0 Å². The third-order valence-corrected chi connectivity index (χ3v) is 6.33. The van der Waals surface area contributed by atoms with Crippen LogP contribution in [0.3, 0.4) is 0 Å². The molecule has 2 aliphatic heterocycles. The summed E-state index contributed by atoms with van der Waals surface area (Å²) in [7, 11) is 0. The van der Waals surface area contributed by atoms with E-state index in [1.165, 1.54) is 5.56 Å². The van der Waals surface area contributed by atoms with Crippen LogP contribution in [-0.2, 0) is 5.54 Å². The molecule has 0 radical (unpaired) electrons. The highest BCUT2D eigenvalue weighted by molar-refractivity contribution is 5.41. The Labute approximate surface area is 142 Å². The molecule has 3 aliphatic rings. The van der Waals surface area contributed by atoms with E-state index in [-0.39, 0.29) is 6.10 Å². The van der Waals surface area contributed by atoms with Crippen molar-refractivity contribution in [2.45, 2.75) is 36.9 Å². The van der Waals surface area contributed by atoms with Crippen molar-refractivity contribution in [2.24, 2.45) is 11.8 Å². The molecular formula is C21H21N2O+. The Morgan fingerprint density at radius 3 is 2.67 bits per heavy atom. The number of hydrogen-bond acceptors (Lipinski definition) is 2. The van der Waals surface area contributed by atoms with Gasteiger partial charge in [0.05, 0.1) is 11.5 Å². The highest BCUT2D eigenvalue weighted by Crippen LogP contribution is 2.53. The van der Waals surface area contributed by atoms with Crippen molar-refractivity contribution in [2.75, 3.05) is 0 Å². The smallest absolute Gasteiger partial charge is 0.212 e. The van der Waals surface area contributed by atoms with Gasteiger partial charge in [-0.2, -0.15) is 5.26 Å². The second-order valence-corrected chi connectivity index (χ2v) is 7.35. The lowest BCUT2D eigenvalue weighted by Gasteiger charge is -2.39. The standard InChI is InChI=1S/C21H20N2O/c22-13-21(14-7-2-1-3-8-14)16-10-6-12-18-19(16)20(23-21)15-9-4-5-11-17(15)24-18/h1-5,7-9,11,16,18-20,23H,6,10,12H2/p+1/t16-,18-,19-,20+,21-/m1/s1. The van der Waals surface area contributed by atoms with Crippen molar-refractivity contribution < 1.29 is 10.1 Å². The summed E-state index contributed by atoms with van der Waals surface area (Å²) in [6.45, 7) is 0. The molecule has 2 aromatic carbocycles. The lowest BCUT2D eigenvalue weighted by atomic mass is 9.66. The maximum Gasteiger partial charge on any atom is 0.212 e. The van der Waals surface area contributed by atoms with Crippen molar-refractivity contribution >= 4 is 0 Å². The van der Waals surface area contributed by atoms with Gasteiger partial charge in [-0.1, -0.05) is 42.5 Å². The van der Waals surface area contributed by atoms with Crippen molar-refractivity contribution in [1.82, 2.24) is 0 Å². The molecule has 0 bridgehead atoms. The van der Waals surface area contributed by atoms with Crippen LogP contribution in [0.15, 0.2) is 54.6 Å². The van der Waals surface area contributed by atoms with Gasteiger partial charge < -0.3 is 10.1 Å². The first kappa shape index (κ1) is 14.1. The van der Waals surface area contributed by atoms with E-state index in [4.69, 9.17) is 4.74 Å². The van der Waals surface area contributed by atoms with E-state index in [1.807, 2.05) is 12.1 Å². The molecule has 5 rings (SSSR count). The number of rotatable bonds is 1. The van der Waals surface area contributed by atoms with Crippen LogP contribution in [0.25, 0.3) is 0 Å². The van der Waals surface area contributed by atoms with Crippen LogP contribution < -0.4 is 10.1 Å². The van der Waals surface area contributed by atoms with Gasteiger partial charge in [-0.15, -0.1) is 0 Å². The Bertz CT molecular complexity index is 812. The molecule has 2 heterocycles. The van der Waals surface area contributed by atoms with E-state index in [9.17, 15) is 5.26 Å². The van der Waals surface area contributed by atoms with E-state index >= 15 is 0 Å². The quantitative estimate of drug-likeness (QED) is 0.879. The molecule has 24 heavy (non-hydrogen) atoms. The molecule has 1 saturated heterocycles. The zero-order chi connectivity index (χ0) is 16.1. The summed E-state index contributed by atoms with van der Waals surface area (Å²) in [4.78, 5) is 0. The van der Waals surface area contributed by atoms with Gasteiger partial charge in [-0.05, 0) is 31.4 Å². The molecule has 1 saturated carbocycles. The topological polar surface area (TPSA) is 49.6 Å². The van der Waals surface area contributed by atoms with Gasteiger partial charge in [0.25, 0.3) is 0 Å². The van der Waals surface area contributed by atoms with Crippen LogP contribution in [0.5, 0.6) is 5.75 Å². The largest absolute Gasteiger partial charge is 0.489 e. The fourth-order valence-corrected chi connectivity index (χ4v) is 5.38. The Kier molecular flexibility index (Phi) is 2.98. The molecule has 3 heteroatoms. The molecule has 3 nitrogen and oxygen atoms in total. The lowest BCUT2D eigenvalue weighted by molar-refractivity contribution is -0.744. The van der Waals surface area contributed by atoms with Crippen LogP contribution in [-0.4, -0.2) is 6.10 Å². The molecule has 2 fully saturated rings. The number of fused-ring (bicyclic) bond motifs is 2. The molecule has 0 aromatic heterocycles. The molecular weight excluding hydrogens is 296 g/mol. The summed E-state index contributed by atoms with van der Waals surface area (Å²) in [5.74, 6) is 1.79. The number of ether oxygens (including phenoxy) is 1. The average Bonchev–Trinajstić information content (AvgIpc) is 3.00. The number of nitrogens with zero attached hydrogens (tertiary/aromatic N) is 1. The minimum Gasteiger partial charge on any atom is -0.489 e. The average molecular weight is 317 g/mol. The fourth-order valence-electron chi connectivity index (χ4n) is 5.38. The van der Waals surface area contributed by atoms with Crippen LogP contribution in [0, 0.1) is 23.2 Å². The SMILES string of the molecule is N#C[C@]1(c2ccccc2)[NH2+][C@H]2c3ccccc3O[C@@H]3CCC[C@@H]1[C@H]32. The molecule has 5 atom stereocenters. The first-order valence-corrected chi connectivity index (χ1v) is 8.92. The van der Waals surface area contributed by atoms with Gasteiger partial charge in [0.1, 0.15) is 24.0 Å². The van der Waals surface area contributed by atoms with Crippen LogP contribution in [0.1, 0.15) is 36.4 Å². The van der Waals surface area contributed by atoms with E-state index < -0.39 is 5.54 Å². The third kappa shape index (κ3) is 1.75. The molecule has 2 N–H and O–H groups in total. The van der Waals surface area contributed by atoms with Crippen LogP contribution in [0.2, 0.25) is 0 Å². The highest BCUT2D eigenvalue weighted by Gasteiger charge is 2.64. The molecule has 0 spiro atoms. The number of nitrogens with two attached hydrogens (primary N) is 1. The number of quaternary nitrogens is 1. The van der Waals surface area contributed by atoms with Gasteiger partial charge >= 0.3 is 0 Å². The predicted molar refractivity (Wildman–Crippen MR) is 90.1 cm³/mol. The molecule has 0 amide bonds. The van der Waals surface area contributed by atoms with Gasteiger partial charge in [-0.3, -0.25) is 0 Å². The number of para-hydroxylation sites is 1. The monoisotopic (exact) mass is 317 g/mol. The Balaban J connectivity index is 1.68. The van der Waals surface area contributed by atoms with Gasteiger partial charge in [-0.25, -0.2) is 0 Å². The van der Waals surface area contributed by atoms with Gasteiger partial charge in [0.15, 0.2) is 0 Å². The maximum absolute atomic E-state index is 10.3. The second kappa shape index (κ2) is 5.09. The van der Waals surface area contributed by atoms with E-state index in [1.54, 1.807) is 0 Å². The van der Waals surface area contributed by atoms with E-state index in [0.29, 0.717) is 17.9 Å². The Morgan fingerprint density at radius 1 is 1.04 bits per heavy atom. The fraction of sp³-hybridized carbons (Fsp3) is 0.381. The minimum absolute atomic E-state index is 0.249. The van der Waals surface area contributed by atoms with Gasteiger partial charge in [0.2, 0.25) is 5.54 Å². The summed E-state index contributed by atoms with van der Waals surface area (Å²) in [5, 5.41) is 12.6. The van der Waals surface area contributed by atoms with Crippen molar-refractivity contribution in [3.63, 3.8) is 0 Å². The molecule has 120 valence electrons. The summed E-state index contributed by atoms with van der Waals surface area (Å²) in [5.41, 5.74) is 1.92. The summed E-state index contributed by atoms with van der Waals surface area (Å²) in [6, 6.07) is 21.8. The van der Waals surface area contributed by atoms with Crippen molar-refractivity contribution in [3.05, 3.63) is 65.7 Å². The van der Waals surface area contributed by atoms with Crippen molar-refractivity contribution in [3.8, 4) is 11.8 Å². The molecule has 2 aromatic rings. The minimum atomic E-state index is -0.490. The number of benzene rings is 2. The first-order valence-electron chi connectivity index (χ1n) is 8.92. The highest BCUT2D eigenvalue weighted by atomic mass is 16.5. The Morgan fingerprint density at radius 2 is 1.83 bits per heavy atom. The predicted octanol–water partition coefficient (Wildman–Crippen LogP) is 2.90. The number of hydrogen-bond donors (Lipinski definition) is 1. The van der Waals surface area contributed by atoms with Crippen LogP contribution in [0.4, 0.5) is 0 Å². The third-order valence-electron chi connectivity index (χ3n) is 6.33. The lowest BCUT2D eigenvalue weighted by Crippen LogP contribution is -2.93. The summed E-state index contributed by atoms with van der Waals surface area (Å²) in [6.07, 6.45) is 3.61. The van der Waals surface area contributed by atoms with Crippen molar-refractivity contribution in [1.29, 1.82) is 5.26 Å². The maximum atomic E-state index is 10.3. The van der Waals surface area contributed by atoms with Gasteiger partial charge in [0, 0.05) is 11.5 Å². The summed E-state index contributed by atoms with van der Waals surface area (Å²) >= 11 is 0. The molecule has 1 aliphatic carbocycles. The normalized spacial score (nSPS) is 36.1. The zero-order valence-electron chi connectivity index (χ0n) is 13.6. The summed E-state index contributed by atoms with van der Waals surface area (Å²) < 4.78 is 6.36. The molecule has 0 unspecified atom stereocenters.